The third-order valence-corrected chi connectivity index (χ3v) is 5.75. The van der Waals surface area contributed by atoms with Gasteiger partial charge in [-0.25, -0.2) is 27.3 Å². The summed E-state index contributed by atoms with van der Waals surface area (Å²) in [5.74, 6) is -1.02. The van der Waals surface area contributed by atoms with Crippen molar-refractivity contribution >= 4 is 21.8 Å². The monoisotopic (exact) mass is 379 g/mol. The van der Waals surface area contributed by atoms with Gasteiger partial charge < -0.3 is 10.0 Å². The van der Waals surface area contributed by atoms with Crippen molar-refractivity contribution in [1.29, 1.82) is 0 Å². The van der Waals surface area contributed by atoms with E-state index in [1.165, 1.54) is 18.2 Å². The van der Waals surface area contributed by atoms with Gasteiger partial charge in [-0.3, -0.25) is 0 Å². The molecule has 2 heterocycles. The van der Waals surface area contributed by atoms with Crippen LogP contribution >= 0.6 is 0 Å². The van der Waals surface area contributed by atoms with Crippen LogP contribution in [0.3, 0.4) is 0 Å². The molecule has 3 rings (SSSR count). The van der Waals surface area contributed by atoms with E-state index in [-0.39, 0.29) is 16.6 Å². The molecule has 0 saturated carbocycles. The van der Waals surface area contributed by atoms with E-state index in [9.17, 15) is 17.6 Å². The van der Waals surface area contributed by atoms with Crippen LogP contribution in [0.25, 0.3) is 0 Å². The lowest BCUT2D eigenvalue weighted by Crippen LogP contribution is -2.44. The predicted octanol–water partition coefficient (Wildman–Crippen LogP) is 1.87. The number of piperidine rings is 1. The zero-order valence-electron chi connectivity index (χ0n) is 13.8. The summed E-state index contributed by atoms with van der Waals surface area (Å²) in [5.41, 5.74) is -0.0263. The molecule has 0 spiro atoms. The maximum atomic E-state index is 13.0. The highest BCUT2D eigenvalue weighted by Crippen LogP contribution is 2.20. The summed E-state index contributed by atoms with van der Waals surface area (Å²) in [4.78, 5) is 17.1. The van der Waals surface area contributed by atoms with Gasteiger partial charge >= 0.3 is 5.97 Å². The van der Waals surface area contributed by atoms with E-state index < -0.39 is 21.8 Å². The van der Waals surface area contributed by atoms with Crippen molar-refractivity contribution in [2.75, 3.05) is 18.0 Å². The molecule has 1 fully saturated rings. The molecule has 1 aliphatic heterocycles. The average Bonchev–Trinajstić information content (AvgIpc) is 2.62. The van der Waals surface area contributed by atoms with E-state index in [0.29, 0.717) is 31.7 Å². The number of rotatable bonds is 5. The first-order valence-corrected chi connectivity index (χ1v) is 9.57. The molecule has 0 bridgehead atoms. The van der Waals surface area contributed by atoms with E-state index in [0.717, 1.165) is 12.1 Å². The highest BCUT2D eigenvalue weighted by atomic mass is 32.2. The van der Waals surface area contributed by atoms with Gasteiger partial charge in [0.25, 0.3) is 0 Å². The predicted molar refractivity (Wildman–Crippen MR) is 93.2 cm³/mol. The lowest BCUT2D eigenvalue weighted by Gasteiger charge is -2.33. The van der Waals surface area contributed by atoms with Gasteiger partial charge in [-0.15, -0.1) is 0 Å². The van der Waals surface area contributed by atoms with Gasteiger partial charge in [0.1, 0.15) is 11.6 Å². The van der Waals surface area contributed by atoms with Gasteiger partial charge in [-0.05, 0) is 49.2 Å². The Morgan fingerprint density at radius 1 is 1.15 bits per heavy atom. The van der Waals surface area contributed by atoms with Crippen LogP contribution in [0.15, 0.2) is 47.4 Å². The summed E-state index contributed by atoms with van der Waals surface area (Å²) < 4.78 is 40.3. The quantitative estimate of drug-likeness (QED) is 0.823. The zero-order valence-corrected chi connectivity index (χ0v) is 14.6. The number of nitrogens with zero attached hydrogens (tertiary/aromatic N) is 2. The second-order valence-corrected chi connectivity index (χ2v) is 7.74. The number of nitrogens with one attached hydrogen (secondary N) is 1. The smallest absolute Gasteiger partial charge is 0.354 e. The number of benzene rings is 1. The fraction of sp³-hybridized carbons (Fsp3) is 0.294. The van der Waals surface area contributed by atoms with Crippen molar-refractivity contribution in [3.05, 3.63) is 54.0 Å². The van der Waals surface area contributed by atoms with Crippen LogP contribution in [0.4, 0.5) is 10.2 Å². The summed E-state index contributed by atoms with van der Waals surface area (Å²) in [5, 5.41) is 9.02. The molecule has 2 N–H and O–H groups in total. The van der Waals surface area contributed by atoms with E-state index in [4.69, 9.17) is 5.11 Å². The van der Waals surface area contributed by atoms with Crippen LogP contribution in [-0.4, -0.2) is 43.6 Å². The number of carboxylic acid groups (broad SMARTS) is 1. The molecule has 1 aliphatic rings. The fourth-order valence-corrected chi connectivity index (χ4v) is 4.15. The van der Waals surface area contributed by atoms with E-state index >= 15 is 0 Å². The minimum Gasteiger partial charge on any atom is -0.477 e. The third kappa shape index (κ3) is 4.17. The molecule has 26 heavy (non-hydrogen) atoms. The van der Waals surface area contributed by atoms with Crippen molar-refractivity contribution in [2.24, 2.45) is 0 Å². The Bertz CT molecular complexity index is 894. The van der Waals surface area contributed by atoms with Crippen LogP contribution in [-0.2, 0) is 10.0 Å². The molecule has 1 aromatic carbocycles. The Kier molecular flexibility index (Phi) is 5.19. The van der Waals surface area contributed by atoms with E-state index in [2.05, 4.69) is 9.71 Å². The molecule has 0 amide bonds. The number of halogens is 1. The summed E-state index contributed by atoms with van der Waals surface area (Å²) in [7, 11) is -3.71. The first-order chi connectivity index (χ1) is 12.3. The minimum atomic E-state index is -3.71. The second-order valence-electron chi connectivity index (χ2n) is 6.02. The van der Waals surface area contributed by atoms with E-state index in [1.807, 2.05) is 4.90 Å². The maximum Gasteiger partial charge on any atom is 0.354 e. The molecule has 9 heteroatoms. The third-order valence-electron chi connectivity index (χ3n) is 4.22. The number of hydrogen-bond donors (Lipinski definition) is 2. The number of sulfonamides is 1. The molecule has 0 atom stereocenters. The molecule has 7 nitrogen and oxygen atoms in total. The molecular formula is C17H18FN3O4S. The van der Waals surface area contributed by atoms with Crippen LogP contribution in [0.2, 0.25) is 0 Å². The Morgan fingerprint density at radius 3 is 2.42 bits per heavy atom. The lowest BCUT2D eigenvalue weighted by atomic mass is 10.1. The summed E-state index contributed by atoms with van der Waals surface area (Å²) in [6.45, 7) is 1.10. The molecule has 1 aromatic heterocycles. The first kappa shape index (κ1) is 18.3. The maximum absolute atomic E-state index is 13.0. The lowest BCUT2D eigenvalue weighted by molar-refractivity contribution is 0.0690. The summed E-state index contributed by atoms with van der Waals surface area (Å²) in [6.07, 6.45) is 1.11. The average molecular weight is 379 g/mol. The molecule has 0 radical (unpaired) electrons. The Hall–Kier alpha value is -2.52. The largest absolute Gasteiger partial charge is 0.477 e. The molecule has 0 aliphatic carbocycles. The van der Waals surface area contributed by atoms with Gasteiger partial charge in [0.05, 0.1) is 4.90 Å². The summed E-state index contributed by atoms with van der Waals surface area (Å²) >= 11 is 0. The number of pyridine rings is 1. The van der Waals surface area contributed by atoms with Gasteiger partial charge in [0, 0.05) is 19.1 Å². The van der Waals surface area contributed by atoms with Gasteiger partial charge in [-0.1, -0.05) is 6.07 Å². The Balaban J connectivity index is 1.62. The van der Waals surface area contributed by atoms with Crippen molar-refractivity contribution < 1.29 is 22.7 Å². The molecule has 2 aromatic rings. The molecule has 1 saturated heterocycles. The Labute approximate surface area is 150 Å². The molecule has 138 valence electrons. The SMILES string of the molecule is O=C(O)c1cccc(N2CCC(NS(=O)(=O)c3ccc(F)cc3)CC2)n1. The summed E-state index contributed by atoms with van der Waals surface area (Å²) in [6, 6.07) is 9.22. The van der Waals surface area contributed by atoms with Crippen molar-refractivity contribution in [3.8, 4) is 0 Å². The molecular weight excluding hydrogens is 361 g/mol. The minimum absolute atomic E-state index is 0.0251. The topological polar surface area (TPSA) is 99.6 Å². The number of carbonyl (C=O) groups is 1. The normalized spacial score (nSPS) is 15.8. The number of carboxylic acids is 1. The first-order valence-electron chi connectivity index (χ1n) is 8.08. The van der Waals surface area contributed by atoms with Crippen LogP contribution < -0.4 is 9.62 Å². The number of anilines is 1. The van der Waals surface area contributed by atoms with Crippen molar-refractivity contribution in [3.63, 3.8) is 0 Å². The van der Waals surface area contributed by atoms with Gasteiger partial charge in [0.2, 0.25) is 10.0 Å². The molecule has 0 unspecified atom stereocenters. The standard InChI is InChI=1S/C17H18FN3O4S/c18-12-4-6-14(7-5-12)26(24,25)20-13-8-10-21(11-9-13)16-3-1-2-15(19-16)17(22)23/h1-7,13,20H,8-11H2,(H,22,23). The van der Waals surface area contributed by atoms with Crippen LogP contribution in [0.1, 0.15) is 23.3 Å². The van der Waals surface area contributed by atoms with Gasteiger partial charge in [-0.2, -0.15) is 0 Å². The van der Waals surface area contributed by atoms with Crippen LogP contribution in [0, 0.1) is 5.82 Å². The fourth-order valence-electron chi connectivity index (χ4n) is 2.85. The van der Waals surface area contributed by atoms with Gasteiger partial charge in [0.15, 0.2) is 5.69 Å². The number of aromatic carboxylic acids is 1. The zero-order chi connectivity index (χ0) is 18.7. The number of aromatic nitrogens is 1. The highest BCUT2D eigenvalue weighted by molar-refractivity contribution is 7.89. The number of hydrogen-bond acceptors (Lipinski definition) is 5. The second kappa shape index (κ2) is 7.38. The van der Waals surface area contributed by atoms with Crippen molar-refractivity contribution in [1.82, 2.24) is 9.71 Å². The van der Waals surface area contributed by atoms with Crippen molar-refractivity contribution in [2.45, 2.75) is 23.8 Å². The Morgan fingerprint density at radius 2 is 1.81 bits per heavy atom. The van der Waals surface area contributed by atoms with E-state index in [1.54, 1.807) is 12.1 Å². The van der Waals surface area contributed by atoms with Crippen LogP contribution in [0.5, 0.6) is 0 Å². The highest BCUT2D eigenvalue weighted by Gasteiger charge is 2.25.